The van der Waals surface area contributed by atoms with E-state index in [-0.39, 0.29) is 35.4 Å². The Morgan fingerprint density at radius 1 is 0.923 bits per heavy atom. The van der Waals surface area contributed by atoms with Crippen molar-refractivity contribution >= 4 is 5.91 Å². The average molecular weight is 523 g/mol. The van der Waals surface area contributed by atoms with Crippen LogP contribution in [0.15, 0.2) is 96.1 Å². The van der Waals surface area contributed by atoms with Crippen LogP contribution in [-0.4, -0.2) is 33.7 Å². The molecule has 1 atom stereocenters. The number of rotatable bonds is 10. The van der Waals surface area contributed by atoms with Crippen molar-refractivity contribution < 1.29 is 9.53 Å². The van der Waals surface area contributed by atoms with Gasteiger partial charge in [0.05, 0.1) is 5.69 Å². The summed E-state index contributed by atoms with van der Waals surface area (Å²) in [5.74, 6) is -0.134. The molecule has 1 aliphatic heterocycles. The molecule has 200 valence electrons. The highest BCUT2D eigenvalue weighted by molar-refractivity contribution is 5.96. The number of nitrogens with zero attached hydrogens (tertiary/aromatic N) is 4. The second-order valence-corrected chi connectivity index (χ2v) is 9.69. The van der Waals surface area contributed by atoms with Gasteiger partial charge in [0.1, 0.15) is 19.3 Å². The van der Waals surface area contributed by atoms with Gasteiger partial charge in [-0.15, -0.1) is 0 Å². The summed E-state index contributed by atoms with van der Waals surface area (Å²) in [5.41, 5.74) is 4.03. The normalized spacial score (nSPS) is 13.7. The fourth-order valence-electron chi connectivity index (χ4n) is 5.11. The van der Waals surface area contributed by atoms with Crippen molar-refractivity contribution in [3.63, 3.8) is 0 Å². The molecule has 5 rings (SSSR count). The van der Waals surface area contributed by atoms with Crippen molar-refractivity contribution in [3.8, 4) is 5.75 Å². The molecule has 39 heavy (non-hydrogen) atoms. The van der Waals surface area contributed by atoms with Gasteiger partial charge in [-0.3, -0.25) is 24.3 Å². The van der Waals surface area contributed by atoms with Gasteiger partial charge in [0.25, 0.3) is 5.91 Å². The first-order valence-corrected chi connectivity index (χ1v) is 13.6. The number of fused-ring (bicyclic) bond motifs is 1. The largest absolute Gasteiger partial charge is 0.482 e. The lowest BCUT2D eigenvalue weighted by molar-refractivity contribution is 0.0673. The standard InChI is InChI=1S/C32H34N4O3/c1-3-5-20-34-23-36(29(27-17-11-12-19-33-27)26-16-10-9-15-25(26)4-2)35-21-18-28(37)31(30(35)32(34)38)39-22-24-13-7-6-8-14-24/h6-19,21,29H,3-5,20,22-23H2,1-2H3. The van der Waals surface area contributed by atoms with Gasteiger partial charge >= 0.3 is 0 Å². The molecular weight excluding hydrogens is 488 g/mol. The van der Waals surface area contributed by atoms with Gasteiger partial charge in [0.2, 0.25) is 5.43 Å². The highest BCUT2D eigenvalue weighted by Crippen LogP contribution is 2.33. The first-order chi connectivity index (χ1) is 19.1. The number of carbonyl (C=O) groups is 1. The molecule has 1 aliphatic rings. The Morgan fingerprint density at radius 3 is 2.44 bits per heavy atom. The van der Waals surface area contributed by atoms with E-state index in [2.05, 4.69) is 31.0 Å². The van der Waals surface area contributed by atoms with Crippen LogP contribution in [0.5, 0.6) is 5.75 Å². The van der Waals surface area contributed by atoms with E-state index in [1.165, 1.54) is 11.6 Å². The van der Waals surface area contributed by atoms with Crippen LogP contribution in [-0.2, 0) is 13.0 Å². The Hall–Kier alpha value is -4.39. The number of carbonyl (C=O) groups excluding carboxylic acids is 1. The molecule has 0 saturated heterocycles. The summed E-state index contributed by atoms with van der Waals surface area (Å²) in [7, 11) is 0. The van der Waals surface area contributed by atoms with Crippen molar-refractivity contribution in [1.82, 2.24) is 14.6 Å². The second kappa shape index (κ2) is 12.0. The highest BCUT2D eigenvalue weighted by atomic mass is 16.5. The zero-order valence-electron chi connectivity index (χ0n) is 22.5. The van der Waals surface area contributed by atoms with Crippen LogP contribution in [0.25, 0.3) is 0 Å². The van der Waals surface area contributed by atoms with Gasteiger partial charge in [-0.05, 0) is 41.7 Å². The number of aryl methyl sites for hydroxylation is 1. The molecule has 1 amide bonds. The molecule has 0 fully saturated rings. The first kappa shape index (κ1) is 26.2. The summed E-state index contributed by atoms with van der Waals surface area (Å²) in [6, 6.07) is 25.1. The maximum atomic E-state index is 13.9. The molecule has 0 radical (unpaired) electrons. The van der Waals surface area contributed by atoms with Crippen LogP contribution in [0.4, 0.5) is 0 Å². The molecule has 0 N–H and O–H groups in total. The SMILES string of the molecule is CCCCN1CN(C(c2ccccn2)c2ccccc2CC)n2ccc(=O)c(OCc3ccccc3)c2C1=O. The molecule has 7 heteroatoms. The monoisotopic (exact) mass is 522 g/mol. The van der Waals surface area contributed by atoms with Crippen molar-refractivity contribution in [2.75, 3.05) is 18.2 Å². The quantitative estimate of drug-likeness (QED) is 0.282. The van der Waals surface area contributed by atoms with Gasteiger partial charge in [0.15, 0.2) is 11.4 Å². The fraction of sp³-hybridized carbons (Fsp3) is 0.281. The number of hydrogen-bond acceptors (Lipinski definition) is 5. The molecule has 0 spiro atoms. The molecule has 0 saturated carbocycles. The van der Waals surface area contributed by atoms with E-state index < -0.39 is 0 Å². The molecule has 0 bridgehead atoms. The minimum atomic E-state index is -0.314. The van der Waals surface area contributed by atoms with Crippen molar-refractivity contribution in [2.45, 2.75) is 45.8 Å². The van der Waals surface area contributed by atoms with Gasteiger partial charge in [-0.2, -0.15) is 0 Å². The Bertz CT molecular complexity index is 1470. The predicted octanol–water partition coefficient (Wildman–Crippen LogP) is 5.33. The van der Waals surface area contributed by atoms with E-state index >= 15 is 0 Å². The van der Waals surface area contributed by atoms with E-state index in [9.17, 15) is 9.59 Å². The molecular formula is C32H34N4O3. The number of hydrogen-bond donors (Lipinski definition) is 0. The van der Waals surface area contributed by atoms with Crippen LogP contribution in [0.2, 0.25) is 0 Å². The minimum Gasteiger partial charge on any atom is -0.482 e. The smallest absolute Gasteiger partial charge is 0.277 e. The topological polar surface area (TPSA) is 67.7 Å². The summed E-state index contributed by atoms with van der Waals surface area (Å²) < 4.78 is 7.91. The van der Waals surface area contributed by atoms with E-state index in [0.717, 1.165) is 36.1 Å². The maximum absolute atomic E-state index is 13.9. The maximum Gasteiger partial charge on any atom is 0.277 e. The second-order valence-electron chi connectivity index (χ2n) is 9.69. The highest BCUT2D eigenvalue weighted by Gasteiger charge is 2.37. The lowest BCUT2D eigenvalue weighted by Crippen LogP contribution is -2.56. The third-order valence-electron chi connectivity index (χ3n) is 7.12. The first-order valence-electron chi connectivity index (χ1n) is 13.6. The van der Waals surface area contributed by atoms with Gasteiger partial charge < -0.3 is 9.64 Å². The number of benzene rings is 2. The summed E-state index contributed by atoms with van der Waals surface area (Å²) in [6.07, 6.45) is 6.14. The van der Waals surface area contributed by atoms with E-state index in [4.69, 9.17) is 9.72 Å². The summed E-state index contributed by atoms with van der Waals surface area (Å²) in [4.78, 5) is 33.6. The average Bonchev–Trinajstić information content (AvgIpc) is 2.98. The number of amides is 1. The zero-order valence-corrected chi connectivity index (χ0v) is 22.5. The number of unbranched alkanes of at least 4 members (excludes halogenated alkanes) is 1. The Kier molecular flexibility index (Phi) is 8.06. The van der Waals surface area contributed by atoms with Gasteiger partial charge in [0, 0.05) is 25.0 Å². The van der Waals surface area contributed by atoms with E-state index in [1.807, 2.05) is 65.6 Å². The van der Waals surface area contributed by atoms with E-state index in [1.54, 1.807) is 17.1 Å². The molecule has 2 aromatic heterocycles. The molecule has 0 aliphatic carbocycles. The van der Waals surface area contributed by atoms with Crippen LogP contribution < -0.4 is 15.2 Å². The number of aromatic nitrogens is 2. The Labute approximate surface area is 229 Å². The molecule has 3 heterocycles. The van der Waals surface area contributed by atoms with Crippen LogP contribution in [0.1, 0.15) is 65.6 Å². The lowest BCUT2D eigenvalue weighted by Gasteiger charge is -2.44. The third kappa shape index (κ3) is 5.43. The van der Waals surface area contributed by atoms with E-state index in [0.29, 0.717) is 13.2 Å². The van der Waals surface area contributed by atoms with Crippen molar-refractivity contribution in [2.24, 2.45) is 0 Å². The van der Waals surface area contributed by atoms with Crippen molar-refractivity contribution in [1.29, 1.82) is 0 Å². The van der Waals surface area contributed by atoms with Crippen LogP contribution in [0.3, 0.4) is 0 Å². The Morgan fingerprint density at radius 2 is 1.69 bits per heavy atom. The molecule has 1 unspecified atom stereocenters. The third-order valence-corrected chi connectivity index (χ3v) is 7.12. The number of pyridine rings is 2. The minimum absolute atomic E-state index is 0.0705. The van der Waals surface area contributed by atoms with Crippen LogP contribution >= 0.6 is 0 Å². The Balaban J connectivity index is 1.67. The van der Waals surface area contributed by atoms with Crippen molar-refractivity contribution in [3.05, 3.63) is 130 Å². The predicted molar refractivity (Wildman–Crippen MR) is 152 cm³/mol. The fourth-order valence-corrected chi connectivity index (χ4v) is 5.11. The number of ether oxygens (including phenoxy) is 1. The molecule has 4 aromatic rings. The summed E-state index contributed by atoms with van der Waals surface area (Å²) >= 11 is 0. The lowest BCUT2D eigenvalue weighted by atomic mass is 9.95. The van der Waals surface area contributed by atoms with Gasteiger partial charge in [-0.1, -0.05) is 80.9 Å². The summed E-state index contributed by atoms with van der Waals surface area (Å²) in [5, 5.41) is 2.12. The van der Waals surface area contributed by atoms with Gasteiger partial charge in [-0.25, -0.2) is 0 Å². The zero-order chi connectivity index (χ0) is 27.2. The van der Waals surface area contributed by atoms with Crippen LogP contribution in [0, 0.1) is 0 Å². The molecule has 7 nitrogen and oxygen atoms in total. The molecule has 2 aromatic carbocycles. The summed E-state index contributed by atoms with van der Waals surface area (Å²) in [6.45, 7) is 5.37.